The van der Waals surface area contributed by atoms with Crippen molar-refractivity contribution in [2.24, 2.45) is 0 Å². The molecule has 1 aliphatic heterocycles. The fourth-order valence-electron chi connectivity index (χ4n) is 1.66. The fraction of sp³-hybridized carbons (Fsp3) is 0.364. The Bertz CT molecular complexity index is 414. The predicted octanol–water partition coefficient (Wildman–Crippen LogP) is 2.34. The van der Waals surface area contributed by atoms with Crippen molar-refractivity contribution in [3.8, 4) is 0 Å². The zero-order valence-electron chi connectivity index (χ0n) is 8.92. The average Bonchev–Trinajstić information content (AvgIpc) is 2.18. The number of hydrogen-bond donors (Lipinski definition) is 1. The number of nitrogens with one attached hydrogen (secondary N) is 1. The maximum absolute atomic E-state index is 12.5. The third kappa shape index (κ3) is 3.47. The molecule has 1 fully saturated rings. The molecule has 3 nitrogen and oxygen atoms in total. The highest BCUT2D eigenvalue weighted by Crippen LogP contribution is 2.26. The second-order valence-electron chi connectivity index (χ2n) is 4.06. The summed E-state index contributed by atoms with van der Waals surface area (Å²) in [5.41, 5.74) is 0.658. The van der Waals surface area contributed by atoms with Crippen LogP contribution >= 0.6 is 15.9 Å². The van der Waals surface area contributed by atoms with Gasteiger partial charge in [-0.2, -0.15) is 0 Å². The largest absolute Gasteiger partial charge is 0.325 e. The summed E-state index contributed by atoms with van der Waals surface area (Å²) < 4.78 is 26.0. The summed E-state index contributed by atoms with van der Waals surface area (Å²) in [7, 11) is 0. The van der Waals surface area contributed by atoms with E-state index in [9.17, 15) is 13.6 Å². The molecule has 6 heteroatoms. The minimum absolute atomic E-state index is 0.00561. The van der Waals surface area contributed by atoms with E-state index in [1.165, 1.54) is 4.90 Å². The Kier molecular flexibility index (Phi) is 3.44. The van der Waals surface area contributed by atoms with E-state index >= 15 is 0 Å². The molecule has 0 bridgehead atoms. The maximum atomic E-state index is 12.5. The van der Waals surface area contributed by atoms with Gasteiger partial charge in [0.25, 0.3) is 5.92 Å². The van der Waals surface area contributed by atoms with Crippen LogP contribution in [0.5, 0.6) is 0 Å². The highest BCUT2D eigenvalue weighted by atomic mass is 79.9. The zero-order valence-corrected chi connectivity index (χ0v) is 10.5. The van der Waals surface area contributed by atoms with Crippen LogP contribution in [0.25, 0.3) is 0 Å². The highest BCUT2D eigenvalue weighted by Gasteiger charge is 2.44. The molecular formula is C11H11BrF2N2O. The molecule has 1 N–H and O–H groups in total. The van der Waals surface area contributed by atoms with Crippen LogP contribution in [0.15, 0.2) is 28.7 Å². The van der Waals surface area contributed by atoms with E-state index in [2.05, 4.69) is 21.2 Å². The first-order valence-corrected chi connectivity index (χ1v) is 5.89. The van der Waals surface area contributed by atoms with Gasteiger partial charge in [-0.15, -0.1) is 0 Å². The van der Waals surface area contributed by atoms with Gasteiger partial charge in [0, 0.05) is 10.2 Å². The van der Waals surface area contributed by atoms with E-state index < -0.39 is 5.92 Å². The third-order valence-electron chi connectivity index (χ3n) is 2.41. The first-order chi connectivity index (χ1) is 7.94. The molecule has 1 aliphatic rings. The van der Waals surface area contributed by atoms with E-state index in [-0.39, 0.29) is 25.5 Å². The highest BCUT2D eigenvalue weighted by molar-refractivity contribution is 9.10. The summed E-state index contributed by atoms with van der Waals surface area (Å²) in [5, 5.41) is 2.65. The SMILES string of the molecule is O=C(CN1CC(F)(F)C1)Nc1ccc(Br)cc1. The predicted molar refractivity (Wildman–Crippen MR) is 64.2 cm³/mol. The van der Waals surface area contributed by atoms with E-state index in [1.54, 1.807) is 24.3 Å². The molecule has 1 aromatic rings. The van der Waals surface area contributed by atoms with Crippen molar-refractivity contribution in [1.29, 1.82) is 0 Å². The Hall–Kier alpha value is -1.01. The van der Waals surface area contributed by atoms with E-state index in [4.69, 9.17) is 0 Å². The number of alkyl halides is 2. The second-order valence-corrected chi connectivity index (χ2v) is 4.97. The van der Waals surface area contributed by atoms with Crippen molar-refractivity contribution in [2.45, 2.75) is 5.92 Å². The molecule has 0 aliphatic carbocycles. The van der Waals surface area contributed by atoms with Crippen molar-refractivity contribution < 1.29 is 13.6 Å². The third-order valence-corrected chi connectivity index (χ3v) is 2.93. The number of rotatable bonds is 3. The molecular weight excluding hydrogens is 294 g/mol. The van der Waals surface area contributed by atoms with E-state index in [0.717, 1.165) is 4.47 Å². The Labute approximate surface area is 106 Å². The van der Waals surface area contributed by atoms with Gasteiger partial charge in [-0.1, -0.05) is 15.9 Å². The minimum atomic E-state index is -2.63. The van der Waals surface area contributed by atoms with Crippen molar-refractivity contribution in [3.05, 3.63) is 28.7 Å². The lowest BCUT2D eigenvalue weighted by atomic mass is 10.1. The number of carbonyl (C=O) groups excluding carboxylic acids is 1. The smallest absolute Gasteiger partial charge is 0.272 e. The van der Waals surface area contributed by atoms with Crippen LogP contribution in [0.2, 0.25) is 0 Å². The van der Waals surface area contributed by atoms with Gasteiger partial charge in [0.05, 0.1) is 19.6 Å². The molecule has 0 saturated carbocycles. The Morgan fingerprint density at radius 3 is 2.47 bits per heavy atom. The molecule has 0 radical (unpaired) electrons. The molecule has 0 atom stereocenters. The Balaban J connectivity index is 1.80. The molecule has 1 amide bonds. The number of carbonyl (C=O) groups is 1. The molecule has 92 valence electrons. The number of halogens is 3. The quantitative estimate of drug-likeness (QED) is 0.929. The van der Waals surface area contributed by atoms with Gasteiger partial charge in [-0.25, -0.2) is 8.78 Å². The molecule has 2 rings (SSSR count). The van der Waals surface area contributed by atoms with Crippen molar-refractivity contribution in [3.63, 3.8) is 0 Å². The minimum Gasteiger partial charge on any atom is -0.325 e. The maximum Gasteiger partial charge on any atom is 0.272 e. The molecule has 17 heavy (non-hydrogen) atoms. The average molecular weight is 305 g/mol. The summed E-state index contributed by atoms with van der Waals surface area (Å²) in [6.45, 7) is -0.660. The first-order valence-electron chi connectivity index (χ1n) is 5.10. The van der Waals surface area contributed by atoms with Gasteiger partial charge >= 0.3 is 0 Å². The summed E-state index contributed by atoms with van der Waals surface area (Å²) in [5.74, 6) is -2.90. The van der Waals surface area contributed by atoms with Crippen LogP contribution in [-0.2, 0) is 4.79 Å². The van der Waals surface area contributed by atoms with Crippen molar-refractivity contribution in [1.82, 2.24) is 4.90 Å². The van der Waals surface area contributed by atoms with Gasteiger partial charge < -0.3 is 5.32 Å². The summed E-state index contributed by atoms with van der Waals surface area (Å²) in [6, 6.07) is 7.08. The summed E-state index contributed by atoms with van der Waals surface area (Å²) >= 11 is 3.28. The lowest BCUT2D eigenvalue weighted by Gasteiger charge is -2.37. The first kappa shape index (κ1) is 12.4. The molecule has 0 unspecified atom stereocenters. The van der Waals surface area contributed by atoms with Gasteiger partial charge in [0.1, 0.15) is 0 Å². The molecule has 0 aromatic heterocycles. The summed E-state index contributed by atoms with van der Waals surface area (Å²) in [4.78, 5) is 12.9. The van der Waals surface area contributed by atoms with Crippen molar-refractivity contribution in [2.75, 3.05) is 25.0 Å². The second kappa shape index (κ2) is 4.70. The molecule has 1 saturated heterocycles. The number of likely N-dealkylation sites (tertiary alicyclic amines) is 1. The van der Waals surface area contributed by atoms with Gasteiger partial charge in [0.15, 0.2) is 0 Å². The number of hydrogen-bond acceptors (Lipinski definition) is 2. The fourth-order valence-corrected chi connectivity index (χ4v) is 1.92. The van der Waals surface area contributed by atoms with E-state index in [0.29, 0.717) is 5.69 Å². The number of amides is 1. The molecule has 0 spiro atoms. The van der Waals surface area contributed by atoms with Crippen LogP contribution in [0.1, 0.15) is 0 Å². The standard InChI is InChI=1S/C11H11BrF2N2O/c12-8-1-3-9(4-2-8)15-10(17)5-16-6-11(13,14)7-16/h1-4H,5-7H2,(H,15,17). The monoisotopic (exact) mass is 304 g/mol. The van der Waals surface area contributed by atoms with Gasteiger partial charge in [0.2, 0.25) is 5.91 Å². The normalized spacial score (nSPS) is 18.5. The number of nitrogens with zero attached hydrogens (tertiary/aromatic N) is 1. The van der Waals surface area contributed by atoms with Crippen molar-refractivity contribution >= 4 is 27.5 Å². The zero-order chi connectivity index (χ0) is 12.5. The van der Waals surface area contributed by atoms with Gasteiger partial charge in [-0.05, 0) is 24.3 Å². The lowest BCUT2D eigenvalue weighted by Crippen LogP contribution is -2.57. The Morgan fingerprint density at radius 1 is 1.35 bits per heavy atom. The lowest BCUT2D eigenvalue weighted by molar-refractivity contribution is -0.141. The number of benzene rings is 1. The van der Waals surface area contributed by atoms with Crippen LogP contribution in [0.4, 0.5) is 14.5 Å². The van der Waals surface area contributed by atoms with Gasteiger partial charge in [-0.3, -0.25) is 9.69 Å². The molecule has 1 heterocycles. The molecule has 1 aromatic carbocycles. The van der Waals surface area contributed by atoms with Crippen LogP contribution < -0.4 is 5.32 Å². The summed E-state index contributed by atoms with van der Waals surface area (Å²) in [6.07, 6.45) is 0. The van der Waals surface area contributed by atoms with E-state index in [1.807, 2.05) is 0 Å². The topological polar surface area (TPSA) is 32.3 Å². The van der Waals surface area contributed by atoms with Crippen LogP contribution in [0, 0.1) is 0 Å². The van der Waals surface area contributed by atoms with Crippen LogP contribution in [0.3, 0.4) is 0 Å². The Morgan fingerprint density at radius 2 is 1.94 bits per heavy atom. The number of anilines is 1. The van der Waals surface area contributed by atoms with Crippen LogP contribution in [-0.4, -0.2) is 36.4 Å².